The minimum atomic E-state index is -0.567. The number of carbonyl (C=O) groups is 1. The fraction of sp³-hybridized carbons (Fsp3) is 0.375. The SMILES string of the molecule is COC(=O)Nc1nc2sc(C)c(C)n2n1. The highest BCUT2D eigenvalue weighted by molar-refractivity contribution is 7.17. The quantitative estimate of drug-likeness (QED) is 0.801. The third-order valence-electron chi connectivity index (χ3n) is 2.05. The monoisotopic (exact) mass is 226 g/mol. The van der Waals surface area contributed by atoms with Gasteiger partial charge in [-0.3, -0.25) is 5.32 Å². The molecule has 0 atom stereocenters. The molecular formula is C8H10N4O2S. The maximum atomic E-state index is 10.9. The molecule has 0 radical (unpaired) electrons. The largest absolute Gasteiger partial charge is 0.453 e. The predicted molar refractivity (Wildman–Crippen MR) is 56.4 cm³/mol. The number of hydrogen-bond acceptors (Lipinski definition) is 5. The lowest BCUT2D eigenvalue weighted by atomic mass is 10.4. The molecule has 0 aliphatic rings. The molecule has 0 aromatic carbocycles. The second-order valence-electron chi connectivity index (χ2n) is 2.99. The normalized spacial score (nSPS) is 10.6. The van der Waals surface area contributed by atoms with Gasteiger partial charge in [-0.15, -0.1) is 5.10 Å². The van der Waals surface area contributed by atoms with Crippen molar-refractivity contribution in [2.24, 2.45) is 0 Å². The molecule has 2 aromatic rings. The molecule has 7 heteroatoms. The van der Waals surface area contributed by atoms with Crippen molar-refractivity contribution in [2.45, 2.75) is 13.8 Å². The third kappa shape index (κ3) is 1.65. The van der Waals surface area contributed by atoms with E-state index in [1.807, 2.05) is 13.8 Å². The number of aromatic nitrogens is 3. The Hall–Kier alpha value is -1.63. The lowest BCUT2D eigenvalue weighted by molar-refractivity contribution is 0.186. The van der Waals surface area contributed by atoms with E-state index >= 15 is 0 Å². The number of aryl methyl sites for hydroxylation is 2. The van der Waals surface area contributed by atoms with Gasteiger partial charge in [0.1, 0.15) is 0 Å². The van der Waals surface area contributed by atoms with Crippen molar-refractivity contribution in [3.63, 3.8) is 0 Å². The molecule has 6 nitrogen and oxygen atoms in total. The Labute approximate surface area is 89.9 Å². The molecule has 0 saturated heterocycles. The molecule has 0 unspecified atom stereocenters. The Bertz CT molecular complexity index is 516. The Morgan fingerprint density at radius 2 is 2.27 bits per heavy atom. The van der Waals surface area contributed by atoms with E-state index in [-0.39, 0.29) is 5.95 Å². The second kappa shape index (κ2) is 3.50. The first-order valence-corrected chi connectivity index (χ1v) is 5.11. The standard InChI is InChI=1S/C8H10N4O2S/c1-4-5(2)15-7-9-6(11-12(4)7)10-8(13)14-3/h1-3H3,(H,10,11,13). The van der Waals surface area contributed by atoms with E-state index in [0.717, 1.165) is 15.5 Å². The highest BCUT2D eigenvalue weighted by Crippen LogP contribution is 2.21. The molecule has 0 aliphatic carbocycles. The number of ether oxygens (including phenoxy) is 1. The van der Waals surface area contributed by atoms with Crippen LogP contribution in [0.15, 0.2) is 0 Å². The highest BCUT2D eigenvalue weighted by atomic mass is 32.1. The maximum Gasteiger partial charge on any atom is 0.413 e. The summed E-state index contributed by atoms with van der Waals surface area (Å²) in [5, 5.41) is 6.54. The zero-order chi connectivity index (χ0) is 11.0. The van der Waals surface area contributed by atoms with Crippen molar-refractivity contribution >= 4 is 28.3 Å². The van der Waals surface area contributed by atoms with Crippen LogP contribution >= 0.6 is 11.3 Å². The van der Waals surface area contributed by atoms with Crippen LogP contribution in [0.4, 0.5) is 10.7 Å². The van der Waals surface area contributed by atoms with Crippen molar-refractivity contribution in [3.05, 3.63) is 10.6 Å². The van der Waals surface area contributed by atoms with E-state index in [9.17, 15) is 4.79 Å². The number of methoxy groups -OCH3 is 1. The van der Waals surface area contributed by atoms with Gasteiger partial charge in [0.25, 0.3) is 5.95 Å². The first-order chi connectivity index (χ1) is 7.11. The summed E-state index contributed by atoms with van der Waals surface area (Å²) >= 11 is 1.53. The fourth-order valence-corrected chi connectivity index (χ4v) is 2.04. The van der Waals surface area contributed by atoms with Crippen LogP contribution in [0.1, 0.15) is 10.6 Å². The van der Waals surface area contributed by atoms with Gasteiger partial charge in [-0.05, 0) is 13.8 Å². The van der Waals surface area contributed by atoms with Gasteiger partial charge < -0.3 is 4.74 Å². The molecular weight excluding hydrogens is 216 g/mol. The molecule has 0 saturated carbocycles. The molecule has 2 rings (SSSR count). The number of rotatable bonds is 1. The van der Waals surface area contributed by atoms with E-state index in [4.69, 9.17) is 0 Å². The first kappa shape index (κ1) is 9.91. The number of thiazole rings is 1. The summed E-state index contributed by atoms with van der Waals surface area (Å²) in [6, 6.07) is 0. The van der Waals surface area contributed by atoms with Crippen molar-refractivity contribution in [1.29, 1.82) is 0 Å². The van der Waals surface area contributed by atoms with Crippen LogP contribution in [-0.4, -0.2) is 27.8 Å². The summed E-state index contributed by atoms with van der Waals surface area (Å²) in [6.07, 6.45) is -0.567. The molecule has 0 bridgehead atoms. The zero-order valence-corrected chi connectivity index (χ0v) is 9.38. The van der Waals surface area contributed by atoms with E-state index in [2.05, 4.69) is 20.1 Å². The van der Waals surface area contributed by atoms with Gasteiger partial charge >= 0.3 is 6.09 Å². The number of nitrogens with zero attached hydrogens (tertiary/aromatic N) is 3. The molecule has 2 heterocycles. The summed E-state index contributed by atoms with van der Waals surface area (Å²) < 4.78 is 6.14. The maximum absolute atomic E-state index is 10.9. The minimum absolute atomic E-state index is 0.260. The van der Waals surface area contributed by atoms with Crippen molar-refractivity contribution in [3.8, 4) is 0 Å². The Kier molecular flexibility index (Phi) is 2.31. The average Bonchev–Trinajstić information content (AvgIpc) is 2.68. The third-order valence-corrected chi connectivity index (χ3v) is 3.10. The summed E-state index contributed by atoms with van der Waals surface area (Å²) in [7, 11) is 1.29. The highest BCUT2D eigenvalue weighted by Gasteiger charge is 2.12. The molecule has 15 heavy (non-hydrogen) atoms. The van der Waals surface area contributed by atoms with Crippen LogP contribution in [0, 0.1) is 13.8 Å². The number of hydrogen-bond donors (Lipinski definition) is 1. The van der Waals surface area contributed by atoms with E-state index < -0.39 is 6.09 Å². The van der Waals surface area contributed by atoms with Gasteiger partial charge in [-0.25, -0.2) is 9.31 Å². The van der Waals surface area contributed by atoms with Crippen LogP contribution in [0.5, 0.6) is 0 Å². The predicted octanol–water partition coefficient (Wildman–Crippen LogP) is 1.59. The molecule has 0 fully saturated rings. The second-order valence-corrected chi connectivity index (χ2v) is 4.17. The summed E-state index contributed by atoms with van der Waals surface area (Å²) in [5.41, 5.74) is 1.03. The number of carbonyl (C=O) groups excluding carboxylic acids is 1. The van der Waals surface area contributed by atoms with Gasteiger partial charge in [0.15, 0.2) is 0 Å². The van der Waals surface area contributed by atoms with E-state index in [1.54, 1.807) is 4.52 Å². The number of amides is 1. The molecule has 0 spiro atoms. The van der Waals surface area contributed by atoms with Gasteiger partial charge in [-0.1, -0.05) is 11.3 Å². The molecule has 1 amide bonds. The van der Waals surface area contributed by atoms with E-state index in [1.165, 1.54) is 18.4 Å². The van der Waals surface area contributed by atoms with E-state index in [0.29, 0.717) is 0 Å². The fourth-order valence-electron chi connectivity index (χ4n) is 1.14. The number of fused-ring (bicyclic) bond motifs is 1. The lowest BCUT2D eigenvalue weighted by Gasteiger charge is -1.96. The molecule has 1 N–H and O–H groups in total. The summed E-state index contributed by atoms with van der Waals surface area (Å²) in [4.78, 5) is 17.0. The van der Waals surface area contributed by atoms with Gasteiger partial charge in [0.2, 0.25) is 4.96 Å². The van der Waals surface area contributed by atoms with Gasteiger partial charge in [-0.2, -0.15) is 4.98 Å². The Morgan fingerprint density at radius 1 is 1.53 bits per heavy atom. The average molecular weight is 226 g/mol. The van der Waals surface area contributed by atoms with Gasteiger partial charge in [0, 0.05) is 4.88 Å². The molecule has 2 aromatic heterocycles. The lowest BCUT2D eigenvalue weighted by Crippen LogP contribution is -2.12. The molecule has 80 valence electrons. The number of anilines is 1. The van der Waals surface area contributed by atoms with Crippen LogP contribution in [0.3, 0.4) is 0 Å². The smallest absolute Gasteiger partial charge is 0.413 e. The van der Waals surface area contributed by atoms with Crippen molar-refractivity contribution in [1.82, 2.24) is 14.6 Å². The Balaban J connectivity index is 2.36. The minimum Gasteiger partial charge on any atom is -0.453 e. The Morgan fingerprint density at radius 3 is 2.87 bits per heavy atom. The van der Waals surface area contributed by atoms with Crippen molar-refractivity contribution < 1.29 is 9.53 Å². The van der Waals surface area contributed by atoms with Gasteiger partial charge in [0.05, 0.1) is 12.8 Å². The summed E-state index contributed by atoms with van der Waals surface area (Å²) in [5.74, 6) is 0.260. The summed E-state index contributed by atoms with van der Waals surface area (Å²) in [6.45, 7) is 3.96. The van der Waals surface area contributed by atoms with Crippen molar-refractivity contribution in [2.75, 3.05) is 12.4 Å². The van der Waals surface area contributed by atoms with Crippen LogP contribution in [0.2, 0.25) is 0 Å². The van der Waals surface area contributed by atoms with Crippen LogP contribution in [-0.2, 0) is 4.74 Å². The first-order valence-electron chi connectivity index (χ1n) is 4.29. The number of nitrogens with one attached hydrogen (secondary N) is 1. The van der Waals surface area contributed by atoms with Crippen LogP contribution < -0.4 is 5.32 Å². The zero-order valence-electron chi connectivity index (χ0n) is 8.57. The molecule has 0 aliphatic heterocycles. The van der Waals surface area contributed by atoms with Crippen LogP contribution in [0.25, 0.3) is 4.96 Å². The topological polar surface area (TPSA) is 68.5 Å².